The highest BCUT2D eigenvalue weighted by Gasteiger charge is 2.26. The summed E-state index contributed by atoms with van der Waals surface area (Å²) in [7, 11) is 1.67. The summed E-state index contributed by atoms with van der Waals surface area (Å²) in [5.41, 5.74) is 1.37. The second-order valence-electron chi connectivity index (χ2n) is 6.23. The molecule has 132 valence electrons. The number of hydrogen-bond donors (Lipinski definition) is 2. The lowest BCUT2D eigenvalue weighted by molar-refractivity contribution is 0.0934. The van der Waals surface area contributed by atoms with Crippen molar-refractivity contribution in [2.75, 3.05) is 26.7 Å². The highest BCUT2D eigenvalue weighted by Crippen LogP contribution is 2.31. The summed E-state index contributed by atoms with van der Waals surface area (Å²) in [5.74, 6) is 0.559. The Morgan fingerprint density at radius 1 is 1.16 bits per heavy atom. The molecule has 1 amide bonds. The van der Waals surface area contributed by atoms with E-state index in [1.54, 1.807) is 25.3 Å². The molecule has 0 saturated carbocycles. The Balaban J connectivity index is 1.79. The van der Waals surface area contributed by atoms with E-state index in [1.807, 2.05) is 24.3 Å². The van der Waals surface area contributed by atoms with Crippen molar-refractivity contribution < 1.29 is 14.6 Å². The Morgan fingerprint density at radius 3 is 2.56 bits per heavy atom. The van der Waals surface area contributed by atoms with Crippen LogP contribution in [0.3, 0.4) is 0 Å². The van der Waals surface area contributed by atoms with E-state index in [9.17, 15) is 9.90 Å². The molecule has 1 saturated heterocycles. The Morgan fingerprint density at radius 2 is 1.84 bits per heavy atom. The molecule has 3 rings (SSSR count). The van der Waals surface area contributed by atoms with Gasteiger partial charge in [-0.2, -0.15) is 0 Å². The normalized spacial score (nSPS) is 15.7. The van der Waals surface area contributed by atoms with E-state index in [0.29, 0.717) is 12.1 Å². The van der Waals surface area contributed by atoms with Crippen LogP contribution < -0.4 is 10.1 Å². The lowest BCUT2D eigenvalue weighted by atomic mass is 10.0. The predicted molar refractivity (Wildman–Crippen MR) is 97.0 cm³/mol. The van der Waals surface area contributed by atoms with Crippen LogP contribution >= 0.6 is 0 Å². The van der Waals surface area contributed by atoms with Gasteiger partial charge in [-0.3, -0.25) is 9.69 Å². The highest BCUT2D eigenvalue weighted by molar-refractivity contribution is 5.96. The number of phenols is 1. The van der Waals surface area contributed by atoms with Gasteiger partial charge >= 0.3 is 0 Å². The number of aromatic hydroxyl groups is 1. The van der Waals surface area contributed by atoms with E-state index < -0.39 is 0 Å². The smallest absolute Gasteiger partial charge is 0.255 e. The first-order chi connectivity index (χ1) is 12.2. The van der Waals surface area contributed by atoms with Crippen LogP contribution in [-0.4, -0.2) is 42.7 Å². The van der Waals surface area contributed by atoms with Gasteiger partial charge in [-0.15, -0.1) is 0 Å². The number of methoxy groups -OCH3 is 1. The first-order valence-corrected chi connectivity index (χ1v) is 8.64. The number of phenolic OH excluding ortho intramolecular Hbond substituents is 1. The number of nitrogens with one attached hydrogen (secondary N) is 1. The van der Waals surface area contributed by atoms with E-state index in [-0.39, 0.29) is 17.7 Å². The molecule has 1 atom stereocenters. The fraction of sp³-hybridized carbons (Fsp3) is 0.350. The Hall–Kier alpha value is -2.53. The van der Waals surface area contributed by atoms with Crippen molar-refractivity contribution in [3.05, 3.63) is 59.7 Å². The fourth-order valence-corrected chi connectivity index (χ4v) is 3.38. The van der Waals surface area contributed by atoms with Crippen molar-refractivity contribution in [1.82, 2.24) is 10.2 Å². The second kappa shape index (κ2) is 8.03. The van der Waals surface area contributed by atoms with Gasteiger partial charge in [0.2, 0.25) is 0 Å². The minimum absolute atomic E-state index is 0.00462. The topological polar surface area (TPSA) is 61.8 Å². The number of ether oxygens (including phenoxy) is 1. The molecule has 0 spiro atoms. The maximum absolute atomic E-state index is 12.4. The largest absolute Gasteiger partial charge is 0.507 e. The molecule has 1 unspecified atom stereocenters. The summed E-state index contributed by atoms with van der Waals surface area (Å²) in [6, 6.07) is 14.6. The van der Waals surface area contributed by atoms with E-state index in [0.717, 1.165) is 24.4 Å². The third-order valence-corrected chi connectivity index (χ3v) is 4.68. The van der Waals surface area contributed by atoms with Crippen LogP contribution in [-0.2, 0) is 0 Å². The van der Waals surface area contributed by atoms with E-state index in [4.69, 9.17) is 4.74 Å². The van der Waals surface area contributed by atoms with Gasteiger partial charge in [-0.1, -0.05) is 30.3 Å². The van der Waals surface area contributed by atoms with Crippen LogP contribution in [0.25, 0.3) is 0 Å². The number of hydrogen-bond acceptors (Lipinski definition) is 4. The lowest BCUT2D eigenvalue weighted by Gasteiger charge is -2.29. The molecule has 0 aliphatic carbocycles. The third kappa shape index (κ3) is 3.94. The molecule has 1 aliphatic rings. The van der Waals surface area contributed by atoms with Gasteiger partial charge in [0.1, 0.15) is 11.5 Å². The SMILES string of the molecule is COc1ccccc1C(CNC(=O)c1ccccc1O)N1CCCC1. The van der Waals surface area contributed by atoms with Gasteiger partial charge in [0.25, 0.3) is 5.91 Å². The zero-order valence-electron chi connectivity index (χ0n) is 14.4. The first-order valence-electron chi connectivity index (χ1n) is 8.64. The number of para-hydroxylation sites is 2. The predicted octanol–water partition coefficient (Wildman–Crippen LogP) is 2.97. The lowest BCUT2D eigenvalue weighted by Crippen LogP contribution is -2.37. The quantitative estimate of drug-likeness (QED) is 0.849. The molecule has 1 heterocycles. The second-order valence-corrected chi connectivity index (χ2v) is 6.23. The van der Waals surface area contributed by atoms with E-state index in [2.05, 4.69) is 10.2 Å². The number of benzene rings is 2. The van der Waals surface area contributed by atoms with Crippen molar-refractivity contribution in [3.63, 3.8) is 0 Å². The zero-order chi connectivity index (χ0) is 17.6. The summed E-state index contributed by atoms with van der Waals surface area (Å²) in [6.07, 6.45) is 2.33. The minimum Gasteiger partial charge on any atom is -0.507 e. The van der Waals surface area contributed by atoms with Crippen molar-refractivity contribution in [2.24, 2.45) is 0 Å². The molecule has 25 heavy (non-hydrogen) atoms. The van der Waals surface area contributed by atoms with Crippen LogP contribution in [0.4, 0.5) is 0 Å². The maximum atomic E-state index is 12.4. The van der Waals surface area contributed by atoms with Crippen LogP contribution in [0.2, 0.25) is 0 Å². The number of rotatable bonds is 6. The van der Waals surface area contributed by atoms with Crippen LogP contribution in [0.1, 0.15) is 34.8 Å². The zero-order valence-corrected chi connectivity index (χ0v) is 14.4. The van der Waals surface area contributed by atoms with Gasteiger partial charge in [0.05, 0.1) is 18.7 Å². The third-order valence-electron chi connectivity index (χ3n) is 4.68. The Bertz CT molecular complexity index is 726. The molecule has 5 heteroatoms. The van der Waals surface area contributed by atoms with Gasteiger partial charge in [-0.25, -0.2) is 0 Å². The molecule has 1 aliphatic heterocycles. The van der Waals surface area contributed by atoms with Crippen LogP contribution in [0.15, 0.2) is 48.5 Å². The standard InChI is InChI=1S/C20H24N2O3/c1-25-19-11-5-3-8-15(19)17(22-12-6-7-13-22)14-21-20(24)16-9-2-4-10-18(16)23/h2-5,8-11,17,23H,6-7,12-14H2,1H3,(H,21,24). The van der Waals surface area contributed by atoms with Crippen LogP contribution in [0.5, 0.6) is 11.5 Å². The molecular weight excluding hydrogens is 316 g/mol. The maximum Gasteiger partial charge on any atom is 0.255 e. The van der Waals surface area contributed by atoms with Crippen molar-refractivity contribution in [1.29, 1.82) is 0 Å². The molecule has 1 fully saturated rings. The van der Waals surface area contributed by atoms with Gasteiger partial charge in [0.15, 0.2) is 0 Å². The Kier molecular flexibility index (Phi) is 5.56. The van der Waals surface area contributed by atoms with E-state index >= 15 is 0 Å². The molecular formula is C20H24N2O3. The number of carbonyl (C=O) groups is 1. The van der Waals surface area contributed by atoms with Crippen LogP contribution in [0, 0.1) is 0 Å². The van der Waals surface area contributed by atoms with Crippen molar-refractivity contribution in [3.8, 4) is 11.5 Å². The summed E-state index contributed by atoms with van der Waals surface area (Å²) < 4.78 is 5.52. The summed E-state index contributed by atoms with van der Waals surface area (Å²) in [6.45, 7) is 2.48. The van der Waals surface area contributed by atoms with Gasteiger partial charge in [0, 0.05) is 12.1 Å². The molecule has 5 nitrogen and oxygen atoms in total. The van der Waals surface area contributed by atoms with Crippen molar-refractivity contribution >= 4 is 5.91 Å². The highest BCUT2D eigenvalue weighted by atomic mass is 16.5. The average Bonchev–Trinajstić information content (AvgIpc) is 3.17. The molecule has 0 radical (unpaired) electrons. The monoisotopic (exact) mass is 340 g/mol. The molecule has 2 aromatic carbocycles. The number of amides is 1. The average molecular weight is 340 g/mol. The molecule has 0 bridgehead atoms. The summed E-state index contributed by atoms with van der Waals surface area (Å²) in [5, 5.41) is 12.8. The minimum atomic E-state index is -0.266. The molecule has 2 N–H and O–H groups in total. The van der Waals surface area contributed by atoms with Gasteiger partial charge in [-0.05, 0) is 44.1 Å². The number of likely N-dealkylation sites (tertiary alicyclic amines) is 1. The first kappa shape index (κ1) is 17.3. The summed E-state index contributed by atoms with van der Waals surface area (Å²) >= 11 is 0. The van der Waals surface area contributed by atoms with Crippen molar-refractivity contribution in [2.45, 2.75) is 18.9 Å². The molecule has 0 aromatic heterocycles. The fourth-order valence-electron chi connectivity index (χ4n) is 3.38. The number of carbonyl (C=O) groups excluding carboxylic acids is 1. The molecule has 2 aromatic rings. The Labute approximate surface area is 148 Å². The van der Waals surface area contributed by atoms with Gasteiger partial charge < -0.3 is 15.2 Å². The number of nitrogens with zero attached hydrogens (tertiary/aromatic N) is 1. The summed E-state index contributed by atoms with van der Waals surface area (Å²) in [4.78, 5) is 14.8. The van der Waals surface area contributed by atoms with E-state index in [1.165, 1.54) is 18.9 Å².